The lowest BCUT2D eigenvalue weighted by atomic mass is 10.2. The predicted molar refractivity (Wildman–Crippen MR) is 77.5 cm³/mol. The zero-order valence-corrected chi connectivity index (χ0v) is 12.4. The van der Waals surface area contributed by atoms with Crippen molar-refractivity contribution in [2.24, 2.45) is 0 Å². The van der Waals surface area contributed by atoms with E-state index in [-0.39, 0.29) is 0 Å². The fourth-order valence-corrected chi connectivity index (χ4v) is 2.25. The number of benzene rings is 1. The number of nitrogens with zero attached hydrogens (tertiary/aromatic N) is 1. The Morgan fingerprint density at radius 3 is 2.65 bits per heavy atom. The summed E-state index contributed by atoms with van der Waals surface area (Å²) in [5.74, 6) is 0. The van der Waals surface area contributed by atoms with Gasteiger partial charge in [-0.05, 0) is 44.4 Å². The van der Waals surface area contributed by atoms with Crippen LogP contribution in [0, 0.1) is 0 Å². The summed E-state index contributed by atoms with van der Waals surface area (Å²) in [5, 5.41) is 3.54. The molecule has 1 aliphatic rings. The lowest BCUT2D eigenvalue weighted by molar-refractivity contribution is 0.685. The molecule has 0 bridgehead atoms. The Kier molecular flexibility index (Phi) is 4.10. The van der Waals surface area contributed by atoms with E-state index in [4.69, 9.17) is 0 Å². The molecule has 1 aliphatic carbocycles. The van der Waals surface area contributed by atoms with Gasteiger partial charge in [0.2, 0.25) is 0 Å². The maximum absolute atomic E-state index is 3.67. The van der Waals surface area contributed by atoms with E-state index < -0.39 is 0 Å². The lowest BCUT2D eigenvalue weighted by Crippen LogP contribution is -2.25. The molecule has 0 amide bonds. The highest BCUT2D eigenvalue weighted by Gasteiger charge is 2.20. The van der Waals surface area contributed by atoms with E-state index in [1.807, 2.05) is 0 Å². The van der Waals surface area contributed by atoms with Gasteiger partial charge >= 0.3 is 0 Å². The number of rotatable bonds is 5. The van der Waals surface area contributed by atoms with Crippen LogP contribution in [0.5, 0.6) is 0 Å². The maximum Gasteiger partial charge on any atom is 0.0377 e. The van der Waals surface area contributed by atoms with Gasteiger partial charge in [-0.2, -0.15) is 0 Å². The minimum atomic E-state index is 0.525. The Balaban J connectivity index is 2.04. The molecule has 0 spiro atoms. The molecular weight excluding hydrogens is 276 g/mol. The Morgan fingerprint density at radius 1 is 1.41 bits per heavy atom. The number of hydrogen-bond acceptors (Lipinski definition) is 2. The van der Waals surface area contributed by atoms with Crippen molar-refractivity contribution in [3.05, 3.63) is 28.2 Å². The third-order valence-electron chi connectivity index (χ3n) is 3.38. The summed E-state index contributed by atoms with van der Waals surface area (Å²) in [6.07, 6.45) is 2.68. The topological polar surface area (TPSA) is 15.3 Å². The molecule has 1 saturated carbocycles. The summed E-state index contributed by atoms with van der Waals surface area (Å²) in [6.45, 7) is 5.38. The van der Waals surface area contributed by atoms with Gasteiger partial charge < -0.3 is 10.2 Å². The largest absolute Gasteiger partial charge is 0.372 e. The summed E-state index contributed by atoms with van der Waals surface area (Å²) in [4.78, 5) is 2.28. The number of halogens is 1. The van der Waals surface area contributed by atoms with E-state index in [0.717, 1.165) is 12.6 Å². The number of anilines is 1. The van der Waals surface area contributed by atoms with Gasteiger partial charge in [0, 0.05) is 35.8 Å². The van der Waals surface area contributed by atoms with Crippen molar-refractivity contribution in [2.75, 3.05) is 11.9 Å². The molecule has 0 aromatic heterocycles. The highest BCUT2D eigenvalue weighted by atomic mass is 79.9. The molecule has 0 atom stereocenters. The average Bonchev–Trinajstić information content (AvgIpc) is 3.10. The van der Waals surface area contributed by atoms with Crippen LogP contribution in [0.2, 0.25) is 0 Å². The molecule has 1 N–H and O–H groups in total. The van der Waals surface area contributed by atoms with Crippen LogP contribution >= 0.6 is 15.9 Å². The molecule has 94 valence electrons. The van der Waals surface area contributed by atoms with Gasteiger partial charge in [0.25, 0.3) is 0 Å². The van der Waals surface area contributed by atoms with E-state index in [9.17, 15) is 0 Å². The van der Waals surface area contributed by atoms with Crippen LogP contribution in [0.25, 0.3) is 0 Å². The molecule has 3 heteroatoms. The monoisotopic (exact) mass is 296 g/mol. The van der Waals surface area contributed by atoms with Gasteiger partial charge in [-0.25, -0.2) is 0 Å². The van der Waals surface area contributed by atoms with Crippen LogP contribution in [0.1, 0.15) is 32.3 Å². The molecule has 0 saturated heterocycles. The second kappa shape index (κ2) is 5.40. The molecule has 0 aliphatic heterocycles. The normalized spacial score (nSPS) is 15.4. The fourth-order valence-electron chi connectivity index (χ4n) is 1.74. The first kappa shape index (κ1) is 12.9. The van der Waals surface area contributed by atoms with E-state index in [1.54, 1.807) is 0 Å². The molecule has 0 radical (unpaired) electrons. The Labute approximate surface area is 113 Å². The van der Waals surface area contributed by atoms with Gasteiger partial charge in [-0.3, -0.25) is 0 Å². The number of hydrogen-bond donors (Lipinski definition) is 1. The minimum Gasteiger partial charge on any atom is -0.372 e. The third kappa shape index (κ3) is 3.46. The molecule has 0 heterocycles. The van der Waals surface area contributed by atoms with Crippen molar-refractivity contribution >= 4 is 21.6 Å². The van der Waals surface area contributed by atoms with Gasteiger partial charge in [0.1, 0.15) is 0 Å². The smallest absolute Gasteiger partial charge is 0.0377 e. The van der Waals surface area contributed by atoms with Crippen molar-refractivity contribution in [1.82, 2.24) is 5.32 Å². The van der Waals surface area contributed by atoms with Crippen molar-refractivity contribution < 1.29 is 0 Å². The lowest BCUT2D eigenvalue weighted by Gasteiger charge is -2.24. The summed E-state index contributed by atoms with van der Waals surface area (Å²) < 4.78 is 1.20. The SMILES string of the molecule is CC(C)N(C)c1ccc(CNC2CC2)c(Br)c1. The van der Waals surface area contributed by atoms with Crippen molar-refractivity contribution in [3.63, 3.8) is 0 Å². The van der Waals surface area contributed by atoms with Crippen LogP contribution in [0.4, 0.5) is 5.69 Å². The summed E-state index contributed by atoms with van der Waals surface area (Å²) in [5.41, 5.74) is 2.61. The highest BCUT2D eigenvalue weighted by molar-refractivity contribution is 9.10. The Morgan fingerprint density at radius 2 is 2.12 bits per heavy atom. The maximum atomic E-state index is 3.67. The van der Waals surface area contributed by atoms with E-state index in [1.165, 1.54) is 28.6 Å². The van der Waals surface area contributed by atoms with Gasteiger partial charge in [-0.15, -0.1) is 0 Å². The molecule has 1 fully saturated rings. The molecular formula is C14H21BrN2. The fraction of sp³-hybridized carbons (Fsp3) is 0.571. The van der Waals surface area contributed by atoms with Gasteiger partial charge in [-0.1, -0.05) is 22.0 Å². The van der Waals surface area contributed by atoms with Gasteiger partial charge in [0.15, 0.2) is 0 Å². The molecule has 1 aromatic carbocycles. The van der Waals surface area contributed by atoms with E-state index >= 15 is 0 Å². The molecule has 0 unspecified atom stereocenters. The molecule has 2 rings (SSSR count). The Bertz CT molecular complexity index is 386. The Hall–Kier alpha value is -0.540. The standard InChI is InChI=1S/C14H21BrN2/c1-10(2)17(3)13-7-4-11(14(15)8-13)9-16-12-5-6-12/h4,7-8,10,12,16H,5-6,9H2,1-3H3. The van der Waals surface area contributed by atoms with Crippen molar-refractivity contribution in [2.45, 2.75) is 45.3 Å². The minimum absolute atomic E-state index is 0.525. The second-order valence-corrected chi connectivity index (χ2v) is 5.99. The molecule has 1 aromatic rings. The molecule has 17 heavy (non-hydrogen) atoms. The van der Waals surface area contributed by atoms with Crippen LogP contribution < -0.4 is 10.2 Å². The third-order valence-corrected chi connectivity index (χ3v) is 4.12. The summed E-state index contributed by atoms with van der Waals surface area (Å²) in [6, 6.07) is 7.92. The molecule has 2 nitrogen and oxygen atoms in total. The van der Waals surface area contributed by atoms with Crippen LogP contribution in [0.15, 0.2) is 22.7 Å². The summed E-state index contributed by atoms with van der Waals surface area (Å²) >= 11 is 3.67. The van der Waals surface area contributed by atoms with E-state index in [2.05, 4.69) is 65.2 Å². The zero-order chi connectivity index (χ0) is 12.4. The summed E-state index contributed by atoms with van der Waals surface area (Å²) in [7, 11) is 2.13. The van der Waals surface area contributed by atoms with E-state index in [0.29, 0.717) is 6.04 Å². The average molecular weight is 297 g/mol. The highest BCUT2D eigenvalue weighted by Crippen LogP contribution is 2.26. The zero-order valence-electron chi connectivity index (χ0n) is 10.8. The second-order valence-electron chi connectivity index (χ2n) is 5.14. The first-order valence-corrected chi connectivity index (χ1v) is 7.12. The predicted octanol–water partition coefficient (Wildman–Crippen LogP) is 3.55. The van der Waals surface area contributed by atoms with Crippen molar-refractivity contribution in [1.29, 1.82) is 0 Å². The van der Waals surface area contributed by atoms with Crippen LogP contribution in [-0.4, -0.2) is 19.1 Å². The van der Waals surface area contributed by atoms with Crippen LogP contribution in [0.3, 0.4) is 0 Å². The van der Waals surface area contributed by atoms with Gasteiger partial charge in [0.05, 0.1) is 0 Å². The number of nitrogens with one attached hydrogen (secondary N) is 1. The first-order valence-electron chi connectivity index (χ1n) is 6.32. The van der Waals surface area contributed by atoms with Crippen molar-refractivity contribution in [3.8, 4) is 0 Å². The van der Waals surface area contributed by atoms with Crippen LogP contribution in [-0.2, 0) is 6.54 Å². The quantitative estimate of drug-likeness (QED) is 0.894. The first-order chi connectivity index (χ1) is 8.08.